The number of hydrogen-bond donors (Lipinski definition) is 2. The predicted molar refractivity (Wildman–Crippen MR) is 82.5 cm³/mol. The van der Waals surface area contributed by atoms with Gasteiger partial charge in [-0.3, -0.25) is 4.72 Å². The highest BCUT2D eigenvalue weighted by Gasteiger charge is 2.16. The standard InChI is InChI=1S/C12H20BrN3O2S/c1-3-14-8-5-9-16(2)19(17,18)15-12-7-4-6-11(13)10-12/h4,6-7,10,14-15H,3,5,8-9H2,1-2H3. The minimum Gasteiger partial charge on any atom is -0.317 e. The van der Waals surface area contributed by atoms with Gasteiger partial charge in [-0.05, 0) is 37.7 Å². The minimum atomic E-state index is -3.48. The second-order valence-electron chi connectivity index (χ2n) is 4.15. The van der Waals surface area contributed by atoms with E-state index in [0.717, 1.165) is 24.0 Å². The summed E-state index contributed by atoms with van der Waals surface area (Å²) in [5, 5.41) is 3.16. The Morgan fingerprint density at radius 3 is 2.74 bits per heavy atom. The van der Waals surface area contributed by atoms with Crippen LogP contribution in [-0.2, 0) is 10.2 Å². The van der Waals surface area contributed by atoms with Crippen LogP contribution in [0.2, 0.25) is 0 Å². The van der Waals surface area contributed by atoms with Crippen LogP contribution in [0.15, 0.2) is 28.7 Å². The average Bonchev–Trinajstić information content (AvgIpc) is 2.33. The first kappa shape index (κ1) is 16.4. The zero-order valence-corrected chi connectivity index (χ0v) is 13.6. The molecule has 0 aliphatic heterocycles. The molecule has 1 rings (SSSR count). The van der Waals surface area contributed by atoms with E-state index >= 15 is 0 Å². The first-order valence-electron chi connectivity index (χ1n) is 6.16. The number of nitrogens with one attached hydrogen (secondary N) is 2. The van der Waals surface area contributed by atoms with Crippen molar-refractivity contribution in [3.63, 3.8) is 0 Å². The molecule has 108 valence electrons. The zero-order valence-electron chi connectivity index (χ0n) is 11.2. The fourth-order valence-corrected chi connectivity index (χ4v) is 2.85. The summed E-state index contributed by atoms with van der Waals surface area (Å²) in [7, 11) is -1.91. The molecule has 0 aliphatic rings. The first-order valence-corrected chi connectivity index (χ1v) is 8.39. The van der Waals surface area contributed by atoms with Crippen LogP contribution < -0.4 is 10.0 Å². The Balaban J connectivity index is 2.55. The largest absolute Gasteiger partial charge is 0.317 e. The highest BCUT2D eigenvalue weighted by atomic mass is 79.9. The van der Waals surface area contributed by atoms with E-state index in [4.69, 9.17) is 0 Å². The number of nitrogens with zero attached hydrogens (tertiary/aromatic N) is 1. The summed E-state index contributed by atoms with van der Waals surface area (Å²) in [6.45, 7) is 4.21. The van der Waals surface area contributed by atoms with Gasteiger partial charge in [0, 0.05) is 18.1 Å². The van der Waals surface area contributed by atoms with E-state index in [0.29, 0.717) is 12.2 Å². The molecule has 5 nitrogen and oxygen atoms in total. The molecule has 0 saturated carbocycles. The smallest absolute Gasteiger partial charge is 0.301 e. The van der Waals surface area contributed by atoms with Gasteiger partial charge in [-0.1, -0.05) is 28.9 Å². The normalized spacial score (nSPS) is 11.8. The van der Waals surface area contributed by atoms with E-state index in [9.17, 15) is 8.42 Å². The van der Waals surface area contributed by atoms with Crippen LogP contribution in [0.5, 0.6) is 0 Å². The zero-order chi connectivity index (χ0) is 14.3. The first-order chi connectivity index (χ1) is 8.95. The Labute approximate surface area is 123 Å². The summed E-state index contributed by atoms with van der Waals surface area (Å²) >= 11 is 3.31. The Morgan fingerprint density at radius 1 is 1.37 bits per heavy atom. The van der Waals surface area contributed by atoms with Gasteiger partial charge in [0.15, 0.2) is 0 Å². The third-order valence-corrected chi connectivity index (χ3v) is 4.55. The molecule has 0 fully saturated rings. The molecule has 0 aromatic heterocycles. The van der Waals surface area contributed by atoms with Gasteiger partial charge in [0.1, 0.15) is 0 Å². The third kappa shape index (κ3) is 5.90. The second-order valence-corrected chi connectivity index (χ2v) is 6.84. The topological polar surface area (TPSA) is 61.4 Å². The number of halogens is 1. The van der Waals surface area contributed by atoms with Gasteiger partial charge in [-0.15, -0.1) is 0 Å². The van der Waals surface area contributed by atoms with E-state index in [1.807, 2.05) is 13.0 Å². The van der Waals surface area contributed by atoms with E-state index < -0.39 is 10.2 Å². The third-order valence-electron chi connectivity index (χ3n) is 2.56. The fraction of sp³-hybridized carbons (Fsp3) is 0.500. The maximum absolute atomic E-state index is 12.1. The Hall–Kier alpha value is -0.630. The molecule has 0 saturated heterocycles. The van der Waals surface area contributed by atoms with E-state index in [1.165, 1.54) is 4.31 Å². The van der Waals surface area contributed by atoms with Gasteiger partial charge in [0.2, 0.25) is 0 Å². The highest BCUT2D eigenvalue weighted by molar-refractivity contribution is 9.10. The van der Waals surface area contributed by atoms with Gasteiger partial charge in [-0.2, -0.15) is 12.7 Å². The van der Waals surface area contributed by atoms with E-state index in [2.05, 4.69) is 26.0 Å². The van der Waals surface area contributed by atoms with Crippen molar-refractivity contribution in [1.29, 1.82) is 0 Å². The molecule has 7 heteroatoms. The number of benzene rings is 1. The van der Waals surface area contributed by atoms with Crippen LogP contribution in [0.3, 0.4) is 0 Å². The maximum Gasteiger partial charge on any atom is 0.301 e. The SMILES string of the molecule is CCNCCCN(C)S(=O)(=O)Nc1cccc(Br)c1. The van der Waals surface area contributed by atoms with Crippen LogP contribution in [-0.4, -0.2) is 39.4 Å². The van der Waals surface area contributed by atoms with Gasteiger partial charge >= 0.3 is 10.2 Å². The predicted octanol–water partition coefficient (Wildman–Crippen LogP) is 2.04. The molecule has 1 aromatic rings. The van der Waals surface area contributed by atoms with Crippen LogP contribution >= 0.6 is 15.9 Å². The van der Waals surface area contributed by atoms with Crippen molar-refractivity contribution >= 4 is 31.8 Å². The van der Waals surface area contributed by atoms with Gasteiger partial charge in [0.25, 0.3) is 0 Å². The van der Waals surface area contributed by atoms with Crippen LogP contribution in [0.1, 0.15) is 13.3 Å². The quantitative estimate of drug-likeness (QED) is 0.706. The Bertz CT molecular complexity index is 494. The van der Waals surface area contributed by atoms with Crippen LogP contribution in [0, 0.1) is 0 Å². The second kappa shape index (κ2) is 7.84. The molecule has 0 radical (unpaired) electrons. The molecule has 0 amide bonds. The molecule has 19 heavy (non-hydrogen) atoms. The molecule has 0 bridgehead atoms. The summed E-state index contributed by atoms with van der Waals surface area (Å²) in [5.74, 6) is 0. The lowest BCUT2D eigenvalue weighted by molar-refractivity contribution is 0.459. The van der Waals surface area contributed by atoms with Crippen molar-refractivity contribution in [2.45, 2.75) is 13.3 Å². The Morgan fingerprint density at radius 2 is 2.11 bits per heavy atom. The molecule has 0 heterocycles. The lowest BCUT2D eigenvalue weighted by Gasteiger charge is -2.18. The van der Waals surface area contributed by atoms with Crippen molar-refractivity contribution in [1.82, 2.24) is 9.62 Å². The molecular formula is C12H20BrN3O2S. The number of hydrogen-bond acceptors (Lipinski definition) is 3. The van der Waals surface area contributed by atoms with Crippen molar-refractivity contribution in [3.05, 3.63) is 28.7 Å². The summed E-state index contributed by atoms with van der Waals surface area (Å²) < 4.78 is 28.8. The Kier molecular flexibility index (Phi) is 6.78. The van der Waals surface area contributed by atoms with Crippen LogP contribution in [0.25, 0.3) is 0 Å². The van der Waals surface area contributed by atoms with E-state index in [-0.39, 0.29) is 0 Å². The van der Waals surface area contributed by atoms with Crippen molar-refractivity contribution in [2.75, 3.05) is 31.4 Å². The van der Waals surface area contributed by atoms with Crippen molar-refractivity contribution < 1.29 is 8.42 Å². The maximum atomic E-state index is 12.1. The van der Waals surface area contributed by atoms with E-state index in [1.54, 1.807) is 25.2 Å². The van der Waals surface area contributed by atoms with Gasteiger partial charge in [0.05, 0.1) is 5.69 Å². The summed E-state index contributed by atoms with van der Waals surface area (Å²) in [4.78, 5) is 0. The van der Waals surface area contributed by atoms with Crippen LogP contribution in [0.4, 0.5) is 5.69 Å². The fourth-order valence-electron chi connectivity index (χ4n) is 1.50. The molecule has 1 aromatic carbocycles. The molecule has 0 unspecified atom stereocenters. The number of anilines is 1. The lowest BCUT2D eigenvalue weighted by Crippen LogP contribution is -2.34. The molecule has 0 aliphatic carbocycles. The molecular weight excluding hydrogens is 330 g/mol. The summed E-state index contributed by atoms with van der Waals surface area (Å²) in [6, 6.07) is 7.07. The van der Waals surface area contributed by atoms with Gasteiger partial charge < -0.3 is 5.32 Å². The van der Waals surface area contributed by atoms with Crippen molar-refractivity contribution in [2.24, 2.45) is 0 Å². The summed E-state index contributed by atoms with van der Waals surface area (Å²) in [5.41, 5.74) is 0.549. The summed E-state index contributed by atoms with van der Waals surface area (Å²) in [6.07, 6.45) is 0.781. The molecule has 0 atom stereocenters. The molecule has 0 spiro atoms. The minimum absolute atomic E-state index is 0.482. The van der Waals surface area contributed by atoms with Crippen molar-refractivity contribution in [3.8, 4) is 0 Å². The average molecular weight is 350 g/mol. The lowest BCUT2D eigenvalue weighted by atomic mass is 10.3. The highest BCUT2D eigenvalue weighted by Crippen LogP contribution is 2.17. The number of rotatable bonds is 8. The monoisotopic (exact) mass is 349 g/mol. The molecule has 2 N–H and O–H groups in total. The van der Waals surface area contributed by atoms with Gasteiger partial charge in [-0.25, -0.2) is 0 Å².